The van der Waals surface area contributed by atoms with Crippen LogP contribution in [0, 0.1) is 6.92 Å². The van der Waals surface area contributed by atoms with Crippen LogP contribution in [0.15, 0.2) is 54.3 Å². The van der Waals surface area contributed by atoms with Gasteiger partial charge >= 0.3 is 5.97 Å². The van der Waals surface area contributed by atoms with Crippen LogP contribution in [0.25, 0.3) is 0 Å². The number of likely N-dealkylation sites (N-methyl/N-ethyl adjacent to an activating group) is 1. The van der Waals surface area contributed by atoms with Crippen molar-refractivity contribution >= 4 is 11.9 Å². The van der Waals surface area contributed by atoms with Crippen LogP contribution in [0.1, 0.15) is 55.0 Å². The van der Waals surface area contributed by atoms with Gasteiger partial charge in [-0.05, 0) is 58.0 Å². The maximum atomic E-state index is 13.2. The standard InChI is InChI=1S/C30H36N2O7/c1-17-10-11-21(16-33)25-23(17)29-14-15-32(4)19(3)30(29,37)13-12-22(26(29)39-25)38-28(36)18(2)31-27(35)24(34)20-8-6-5-7-9-20/h5-12,18-19,24,26,33-34,37H,13-16H2,1-4H3,(H,31,35)/t18-,19+,24-,26-,29-,30+/m0/s1. The average Bonchev–Trinajstić information content (AvgIpc) is 3.30. The lowest BCUT2D eigenvalue weighted by Gasteiger charge is -2.58. The highest BCUT2D eigenvalue weighted by atomic mass is 16.6. The highest BCUT2D eigenvalue weighted by Gasteiger charge is 2.69. The predicted octanol–water partition coefficient (Wildman–Crippen LogP) is 2.01. The molecule has 1 aliphatic carbocycles. The lowest BCUT2D eigenvalue weighted by Crippen LogP contribution is -2.71. The molecule has 9 nitrogen and oxygen atoms in total. The number of benzene rings is 2. The van der Waals surface area contributed by atoms with Crippen molar-refractivity contribution in [3.05, 3.63) is 76.6 Å². The summed E-state index contributed by atoms with van der Waals surface area (Å²) < 4.78 is 12.3. The Kier molecular flexibility index (Phi) is 7.05. The maximum absolute atomic E-state index is 13.2. The SMILES string of the molecule is Cc1ccc(CO)c2c1[C@]13CCN(C)[C@H](C)[C@]1(O)CC=C(OC(=O)[C@H](C)NC(=O)[C@@H](O)c1ccccc1)[C@@H]3O2. The van der Waals surface area contributed by atoms with Crippen LogP contribution >= 0.6 is 0 Å². The number of esters is 1. The van der Waals surface area contributed by atoms with Crippen molar-refractivity contribution < 1.29 is 34.4 Å². The number of aliphatic hydroxyl groups is 3. The number of piperidine rings is 1. The van der Waals surface area contributed by atoms with E-state index in [9.17, 15) is 24.9 Å². The Hall–Kier alpha value is -3.24. The Morgan fingerprint density at radius 1 is 1.23 bits per heavy atom. The van der Waals surface area contributed by atoms with Crippen LogP contribution in [0.4, 0.5) is 0 Å². The molecule has 5 rings (SSSR count). The zero-order chi connectivity index (χ0) is 28.1. The summed E-state index contributed by atoms with van der Waals surface area (Å²) in [6.45, 7) is 5.90. The molecule has 1 spiro atoms. The van der Waals surface area contributed by atoms with Gasteiger partial charge in [-0.3, -0.25) is 4.79 Å². The molecule has 2 heterocycles. The number of ether oxygens (including phenoxy) is 2. The quantitative estimate of drug-likeness (QED) is 0.413. The molecule has 1 amide bonds. The predicted molar refractivity (Wildman–Crippen MR) is 143 cm³/mol. The van der Waals surface area contributed by atoms with E-state index in [1.807, 2.05) is 33.0 Å². The third-order valence-electron chi connectivity index (χ3n) is 8.90. The van der Waals surface area contributed by atoms with Crippen LogP contribution in [0.2, 0.25) is 0 Å². The largest absolute Gasteiger partial charge is 0.481 e. The Morgan fingerprint density at radius 3 is 2.64 bits per heavy atom. The highest BCUT2D eigenvalue weighted by Crippen LogP contribution is 2.61. The number of amides is 1. The molecule has 0 radical (unpaired) electrons. The zero-order valence-corrected chi connectivity index (χ0v) is 22.7. The first kappa shape index (κ1) is 27.3. The number of nitrogens with zero attached hydrogens (tertiary/aromatic N) is 1. The topological polar surface area (TPSA) is 129 Å². The van der Waals surface area contributed by atoms with Gasteiger partial charge in [-0.25, -0.2) is 4.79 Å². The molecule has 0 aromatic heterocycles. The number of fused-ring (bicyclic) bond motifs is 1. The van der Waals surface area contributed by atoms with Crippen molar-refractivity contribution in [3.8, 4) is 5.75 Å². The molecule has 2 aromatic carbocycles. The normalized spacial score (nSPS) is 29.2. The summed E-state index contributed by atoms with van der Waals surface area (Å²) in [5.41, 5.74) is 0.678. The van der Waals surface area contributed by atoms with E-state index in [4.69, 9.17) is 9.47 Å². The van der Waals surface area contributed by atoms with Gasteiger partial charge in [-0.2, -0.15) is 0 Å². The van der Waals surface area contributed by atoms with Crippen LogP contribution in [0.5, 0.6) is 5.75 Å². The lowest BCUT2D eigenvalue weighted by atomic mass is 9.54. The minimum Gasteiger partial charge on any atom is -0.481 e. The fourth-order valence-electron chi connectivity index (χ4n) is 6.54. The molecule has 0 unspecified atom stereocenters. The fraction of sp³-hybridized carbons (Fsp3) is 0.467. The van der Waals surface area contributed by atoms with Gasteiger partial charge in [-0.15, -0.1) is 0 Å². The van der Waals surface area contributed by atoms with Crippen molar-refractivity contribution in [1.29, 1.82) is 0 Å². The molecule has 2 aromatic rings. The molecule has 39 heavy (non-hydrogen) atoms. The first-order valence-electron chi connectivity index (χ1n) is 13.3. The average molecular weight is 537 g/mol. The number of aliphatic hydroxyl groups excluding tert-OH is 2. The van der Waals surface area contributed by atoms with Crippen LogP contribution < -0.4 is 10.1 Å². The van der Waals surface area contributed by atoms with E-state index in [-0.39, 0.29) is 24.8 Å². The summed E-state index contributed by atoms with van der Waals surface area (Å²) in [7, 11) is 1.98. The van der Waals surface area contributed by atoms with Gasteiger partial charge < -0.3 is 35.0 Å². The van der Waals surface area contributed by atoms with Crippen molar-refractivity contribution in [2.75, 3.05) is 13.6 Å². The summed E-state index contributed by atoms with van der Waals surface area (Å²) >= 11 is 0. The minimum atomic E-state index is -1.43. The second kappa shape index (κ2) is 10.1. The Balaban J connectivity index is 1.44. The third-order valence-corrected chi connectivity index (χ3v) is 8.90. The van der Waals surface area contributed by atoms with Gasteiger partial charge in [0.15, 0.2) is 12.2 Å². The summed E-state index contributed by atoms with van der Waals surface area (Å²) in [6.07, 6.45) is 0.264. The molecule has 0 bridgehead atoms. The first-order valence-corrected chi connectivity index (χ1v) is 13.3. The Bertz CT molecular complexity index is 1310. The minimum absolute atomic E-state index is 0.216. The molecule has 0 saturated carbocycles. The van der Waals surface area contributed by atoms with Crippen LogP contribution in [-0.4, -0.2) is 69.5 Å². The van der Waals surface area contributed by atoms with Gasteiger partial charge in [0.1, 0.15) is 17.6 Å². The summed E-state index contributed by atoms with van der Waals surface area (Å²) in [5, 5.41) is 35.3. The number of carbonyl (C=O) groups is 2. The number of hydrogen-bond acceptors (Lipinski definition) is 8. The van der Waals surface area contributed by atoms with Crippen LogP contribution in [-0.2, 0) is 26.3 Å². The van der Waals surface area contributed by atoms with E-state index in [2.05, 4.69) is 10.2 Å². The van der Waals surface area contributed by atoms with E-state index in [0.717, 1.165) is 11.1 Å². The molecule has 1 fully saturated rings. The van der Waals surface area contributed by atoms with E-state index in [1.165, 1.54) is 6.92 Å². The third kappa shape index (κ3) is 4.15. The van der Waals surface area contributed by atoms with Crippen molar-refractivity contribution in [3.63, 3.8) is 0 Å². The molecular weight excluding hydrogens is 500 g/mol. The van der Waals surface area contributed by atoms with Crippen LogP contribution in [0.3, 0.4) is 0 Å². The highest BCUT2D eigenvalue weighted by molar-refractivity contribution is 5.87. The molecule has 9 heteroatoms. The van der Waals surface area contributed by atoms with E-state index >= 15 is 0 Å². The second-order valence-corrected chi connectivity index (χ2v) is 11.0. The van der Waals surface area contributed by atoms with Crippen molar-refractivity contribution in [2.45, 2.75) is 75.5 Å². The van der Waals surface area contributed by atoms with E-state index < -0.39 is 41.1 Å². The summed E-state index contributed by atoms with van der Waals surface area (Å²) in [5.74, 6) is -0.638. The van der Waals surface area contributed by atoms with Crippen molar-refractivity contribution in [2.24, 2.45) is 0 Å². The van der Waals surface area contributed by atoms with Gasteiger partial charge in [0.2, 0.25) is 0 Å². The van der Waals surface area contributed by atoms with E-state index in [1.54, 1.807) is 36.4 Å². The van der Waals surface area contributed by atoms with Gasteiger partial charge in [0, 0.05) is 23.6 Å². The zero-order valence-electron chi connectivity index (χ0n) is 22.7. The number of aryl methyl sites for hydroxylation is 1. The van der Waals surface area contributed by atoms with E-state index in [0.29, 0.717) is 29.8 Å². The molecule has 6 atom stereocenters. The smallest absolute Gasteiger partial charge is 0.333 e. The molecule has 2 aliphatic heterocycles. The summed E-state index contributed by atoms with van der Waals surface area (Å²) in [4.78, 5) is 27.9. The van der Waals surface area contributed by atoms with Gasteiger partial charge in [0.05, 0.1) is 17.6 Å². The summed E-state index contributed by atoms with van der Waals surface area (Å²) in [6, 6.07) is 10.9. The molecule has 4 N–H and O–H groups in total. The number of likely N-dealkylation sites (tertiary alicyclic amines) is 1. The van der Waals surface area contributed by atoms with Gasteiger partial charge in [0.25, 0.3) is 5.91 Å². The monoisotopic (exact) mass is 536 g/mol. The maximum Gasteiger partial charge on any atom is 0.333 e. The Labute approximate surface area is 228 Å². The number of nitrogens with one attached hydrogen (secondary N) is 1. The molecule has 1 saturated heterocycles. The van der Waals surface area contributed by atoms with Gasteiger partial charge in [-0.1, -0.05) is 42.5 Å². The lowest BCUT2D eigenvalue weighted by molar-refractivity contribution is -0.163. The fourth-order valence-corrected chi connectivity index (χ4v) is 6.54. The molecular formula is C30H36N2O7. The molecule has 3 aliphatic rings. The Morgan fingerprint density at radius 2 is 1.95 bits per heavy atom. The second-order valence-electron chi connectivity index (χ2n) is 11.0. The molecule has 208 valence electrons. The number of carbonyl (C=O) groups excluding carboxylic acids is 2. The first-order chi connectivity index (χ1) is 18.5. The van der Waals surface area contributed by atoms with Crippen molar-refractivity contribution in [1.82, 2.24) is 10.2 Å². The number of hydrogen-bond donors (Lipinski definition) is 4. The number of rotatable bonds is 6.